The molecule has 0 bridgehead atoms. The molecule has 104 valence electrons. The fourth-order valence-electron chi connectivity index (χ4n) is 2.10. The lowest BCUT2D eigenvalue weighted by atomic mass is 10.2. The number of rotatable bonds is 1. The minimum absolute atomic E-state index is 0.347. The average Bonchev–Trinajstić information content (AvgIpc) is 2.62. The van der Waals surface area contributed by atoms with Crippen LogP contribution in [0, 0.1) is 0 Å². The highest BCUT2D eigenvalue weighted by molar-refractivity contribution is 6.26. The van der Waals surface area contributed by atoms with Crippen molar-refractivity contribution >= 4 is 23.5 Å². The molecule has 1 aromatic rings. The van der Waals surface area contributed by atoms with Gasteiger partial charge >= 0.3 is 6.03 Å². The maximum Gasteiger partial charge on any atom is 0.335 e. The van der Waals surface area contributed by atoms with Crippen LogP contribution in [0.4, 0.5) is 10.5 Å². The van der Waals surface area contributed by atoms with Crippen molar-refractivity contribution in [3.05, 3.63) is 18.2 Å². The molecule has 2 heterocycles. The highest BCUT2D eigenvalue weighted by Crippen LogP contribution is 2.34. The summed E-state index contributed by atoms with van der Waals surface area (Å²) >= 11 is 0. The number of nitrogens with zero attached hydrogens (tertiary/aromatic N) is 1. The Morgan fingerprint density at radius 2 is 1.80 bits per heavy atom. The van der Waals surface area contributed by atoms with Crippen molar-refractivity contribution in [3.63, 3.8) is 0 Å². The summed E-state index contributed by atoms with van der Waals surface area (Å²) in [6, 6.07) is 4.04. The number of ether oxygens (including phenoxy) is 2. The van der Waals surface area contributed by atoms with Crippen LogP contribution in [0.1, 0.15) is 12.8 Å². The van der Waals surface area contributed by atoms with Gasteiger partial charge in [0.25, 0.3) is 0 Å². The quantitative estimate of drug-likeness (QED) is 0.768. The lowest BCUT2D eigenvalue weighted by molar-refractivity contribution is -0.128. The van der Waals surface area contributed by atoms with Gasteiger partial charge in [-0.15, -0.1) is 0 Å². The van der Waals surface area contributed by atoms with E-state index in [0.29, 0.717) is 30.4 Å². The lowest BCUT2D eigenvalue weighted by Crippen LogP contribution is -2.52. The third-order valence-electron chi connectivity index (χ3n) is 3.00. The third-order valence-corrected chi connectivity index (χ3v) is 3.00. The lowest BCUT2D eigenvalue weighted by Gasteiger charge is -2.25. The van der Waals surface area contributed by atoms with Gasteiger partial charge in [0, 0.05) is 12.5 Å². The minimum Gasteiger partial charge on any atom is -0.490 e. The Bertz CT molecular complexity index is 578. The number of amides is 4. The van der Waals surface area contributed by atoms with Crippen LogP contribution in [-0.2, 0) is 9.59 Å². The molecule has 1 N–H and O–H groups in total. The summed E-state index contributed by atoms with van der Waals surface area (Å²) in [7, 11) is 0. The van der Waals surface area contributed by atoms with Gasteiger partial charge in [0.2, 0.25) is 11.8 Å². The Morgan fingerprint density at radius 3 is 2.55 bits per heavy atom. The third kappa shape index (κ3) is 2.18. The van der Waals surface area contributed by atoms with Crippen LogP contribution in [0.3, 0.4) is 0 Å². The van der Waals surface area contributed by atoms with Crippen molar-refractivity contribution in [1.82, 2.24) is 5.32 Å². The Hall–Kier alpha value is -2.57. The molecular weight excluding hydrogens is 264 g/mol. The summed E-state index contributed by atoms with van der Waals surface area (Å²) in [5.74, 6) is -0.0940. The van der Waals surface area contributed by atoms with Crippen molar-refractivity contribution < 1.29 is 23.9 Å². The maximum atomic E-state index is 11.8. The zero-order valence-electron chi connectivity index (χ0n) is 10.5. The molecule has 0 aliphatic carbocycles. The second-order valence-electron chi connectivity index (χ2n) is 4.44. The number of hydrogen-bond donors (Lipinski definition) is 1. The van der Waals surface area contributed by atoms with Crippen molar-refractivity contribution in [3.8, 4) is 11.5 Å². The topological polar surface area (TPSA) is 84.9 Å². The highest BCUT2D eigenvalue weighted by Gasteiger charge is 2.32. The SMILES string of the molecule is O=C1CC(=O)N(c2ccc3c(c2)OCCCO3)C(=O)N1. The van der Waals surface area contributed by atoms with Crippen LogP contribution in [0.5, 0.6) is 11.5 Å². The van der Waals surface area contributed by atoms with Gasteiger partial charge in [-0.1, -0.05) is 0 Å². The smallest absolute Gasteiger partial charge is 0.335 e. The molecule has 0 spiro atoms. The highest BCUT2D eigenvalue weighted by atomic mass is 16.5. The van der Waals surface area contributed by atoms with Gasteiger partial charge in [0.15, 0.2) is 11.5 Å². The first-order chi connectivity index (χ1) is 9.65. The number of urea groups is 1. The van der Waals surface area contributed by atoms with Crippen molar-refractivity contribution in [2.45, 2.75) is 12.8 Å². The molecule has 0 unspecified atom stereocenters. The van der Waals surface area contributed by atoms with Gasteiger partial charge in [-0.3, -0.25) is 14.9 Å². The first-order valence-corrected chi connectivity index (χ1v) is 6.21. The van der Waals surface area contributed by atoms with Crippen LogP contribution in [0.2, 0.25) is 0 Å². The number of benzene rings is 1. The second-order valence-corrected chi connectivity index (χ2v) is 4.44. The summed E-state index contributed by atoms with van der Waals surface area (Å²) in [6.45, 7) is 1.07. The van der Waals surface area contributed by atoms with E-state index in [0.717, 1.165) is 11.3 Å². The summed E-state index contributed by atoms with van der Waals surface area (Å²) in [4.78, 5) is 35.6. The molecule has 2 aliphatic heterocycles. The molecule has 1 aromatic carbocycles. The predicted octanol–water partition coefficient (Wildman–Crippen LogP) is 0.821. The van der Waals surface area contributed by atoms with Crippen molar-refractivity contribution in [2.75, 3.05) is 18.1 Å². The summed E-state index contributed by atoms with van der Waals surface area (Å²) in [5, 5.41) is 2.11. The van der Waals surface area contributed by atoms with Crippen molar-refractivity contribution in [2.24, 2.45) is 0 Å². The molecule has 1 fully saturated rings. The minimum atomic E-state index is -0.749. The zero-order valence-corrected chi connectivity index (χ0v) is 10.5. The molecule has 7 heteroatoms. The van der Waals surface area contributed by atoms with E-state index in [9.17, 15) is 14.4 Å². The normalized spacial score (nSPS) is 18.6. The van der Waals surface area contributed by atoms with E-state index >= 15 is 0 Å². The van der Waals surface area contributed by atoms with Gasteiger partial charge in [-0.25, -0.2) is 9.69 Å². The molecule has 0 atom stereocenters. The van der Waals surface area contributed by atoms with E-state index in [1.807, 2.05) is 0 Å². The van der Waals surface area contributed by atoms with Crippen LogP contribution in [0.25, 0.3) is 0 Å². The number of hydrogen-bond acceptors (Lipinski definition) is 5. The zero-order chi connectivity index (χ0) is 14.1. The van der Waals surface area contributed by atoms with Gasteiger partial charge in [-0.05, 0) is 12.1 Å². The first-order valence-electron chi connectivity index (χ1n) is 6.21. The Balaban J connectivity index is 1.94. The monoisotopic (exact) mass is 276 g/mol. The second kappa shape index (κ2) is 4.84. The number of nitrogens with one attached hydrogen (secondary N) is 1. The predicted molar refractivity (Wildman–Crippen MR) is 67.7 cm³/mol. The van der Waals surface area contributed by atoms with Gasteiger partial charge < -0.3 is 9.47 Å². The molecule has 20 heavy (non-hydrogen) atoms. The Kier molecular flexibility index (Phi) is 3.02. The maximum absolute atomic E-state index is 11.8. The number of imide groups is 2. The summed E-state index contributed by atoms with van der Waals surface area (Å²) in [6.07, 6.45) is 0.418. The number of carbonyl (C=O) groups is 3. The molecule has 4 amide bonds. The molecule has 3 rings (SSSR count). The van der Waals surface area contributed by atoms with Gasteiger partial charge in [0.05, 0.1) is 18.9 Å². The largest absolute Gasteiger partial charge is 0.490 e. The van der Waals surface area contributed by atoms with Crippen LogP contribution < -0.4 is 19.7 Å². The molecule has 0 radical (unpaired) electrons. The average molecular weight is 276 g/mol. The molecule has 2 aliphatic rings. The van der Waals surface area contributed by atoms with E-state index in [2.05, 4.69) is 5.32 Å². The van der Waals surface area contributed by atoms with Crippen LogP contribution in [-0.4, -0.2) is 31.1 Å². The number of fused-ring (bicyclic) bond motifs is 1. The van der Waals surface area contributed by atoms with Gasteiger partial charge in [0.1, 0.15) is 6.42 Å². The van der Waals surface area contributed by atoms with Crippen molar-refractivity contribution in [1.29, 1.82) is 0 Å². The molecule has 7 nitrogen and oxygen atoms in total. The number of anilines is 1. The molecular formula is C13H12N2O5. The fraction of sp³-hybridized carbons (Fsp3) is 0.308. The number of barbiturate groups is 1. The van der Waals surface area contributed by atoms with E-state index < -0.39 is 17.8 Å². The summed E-state index contributed by atoms with van der Waals surface area (Å²) in [5.41, 5.74) is 0.351. The molecule has 1 saturated heterocycles. The van der Waals surface area contributed by atoms with Crippen LogP contribution in [0.15, 0.2) is 18.2 Å². The van der Waals surface area contributed by atoms with E-state index in [4.69, 9.17) is 9.47 Å². The fourth-order valence-corrected chi connectivity index (χ4v) is 2.10. The van der Waals surface area contributed by atoms with E-state index in [1.54, 1.807) is 18.2 Å². The van der Waals surface area contributed by atoms with Crippen LogP contribution >= 0.6 is 0 Å². The van der Waals surface area contributed by atoms with E-state index in [-0.39, 0.29) is 6.42 Å². The number of carbonyl (C=O) groups excluding carboxylic acids is 3. The van der Waals surface area contributed by atoms with Gasteiger partial charge in [-0.2, -0.15) is 0 Å². The van der Waals surface area contributed by atoms with E-state index in [1.165, 1.54) is 0 Å². The molecule has 0 aromatic heterocycles. The Morgan fingerprint density at radius 1 is 1.05 bits per heavy atom. The Labute approximate surface area is 114 Å². The molecule has 0 saturated carbocycles. The standard InChI is InChI=1S/C13H12N2O5/c16-11-7-12(17)15(13(18)14-11)8-2-3-9-10(6-8)20-5-1-4-19-9/h2-3,6H,1,4-5,7H2,(H,14,16,18). The first kappa shape index (κ1) is 12.5. The summed E-state index contributed by atoms with van der Waals surface area (Å²) < 4.78 is 11.0.